The maximum atomic E-state index is 11.6. The van der Waals surface area contributed by atoms with E-state index in [4.69, 9.17) is 11.6 Å². The van der Waals surface area contributed by atoms with Gasteiger partial charge in [0.25, 0.3) is 5.91 Å². The summed E-state index contributed by atoms with van der Waals surface area (Å²) in [6, 6.07) is 6.68. The lowest BCUT2D eigenvalue weighted by Crippen LogP contribution is -2.39. The number of nitrogens with zero attached hydrogens (tertiary/aromatic N) is 1. The number of amides is 2. The van der Waals surface area contributed by atoms with Crippen molar-refractivity contribution in [2.45, 2.75) is 18.9 Å². The molecule has 0 aromatic heterocycles. The molecule has 0 aliphatic carbocycles. The minimum absolute atomic E-state index is 0.106. The van der Waals surface area contributed by atoms with Crippen LogP contribution in [0.4, 0.5) is 0 Å². The number of carbonyl (C=O) groups is 2. The molecule has 1 aliphatic heterocycles. The van der Waals surface area contributed by atoms with Crippen LogP contribution in [0.2, 0.25) is 5.02 Å². The first kappa shape index (κ1) is 12.6. The van der Waals surface area contributed by atoms with Crippen LogP contribution in [0, 0.1) is 0 Å². The maximum absolute atomic E-state index is 11.6. The van der Waals surface area contributed by atoms with Crippen molar-refractivity contribution in [1.29, 1.82) is 0 Å². The van der Waals surface area contributed by atoms with E-state index in [1.807, 2.05) is 12.1 Å². The lowest BCUT2D eigenvalue weighted by molar-refractivity contribution is -0.125. The second kappa shape index (κ2) is 5.64. The molecule has 5 nitrogen and oxygen atoms in total. The molecule has 1 aromatic carbocycles. The van der Waals surface area contributed by atoms with E-state index in [0.29, 0.717) is 17.9 Å². The quantitative estimate of drug-likeness (QED) is 0.634. The minimum atomic E-state index is -0.485. The molecule has 1 atom stereocenters. The largest absolute Gasteiger partial charge is 0.344 e. The zero-order valence-electron chi connectivity index (χ0n) is 9.52. The molecule has 94 valence electrons. The van der Waals surface area contributed by atoms with Crippen LogP contribution in [0.15, 0.2) is 29.4 Å². The molecule has 18 heavy (non-hydrogen) atoms. The number of hydrazone groups is 1. The topological polar surface area (TPSA) is 70.6 Å². The standard InChI is InChI=1S/C12H12ClN3O2/c13-9-4-2-1-3-8(9)7-14-16-12(18)10-5-6-11(17)15-10/h1-4,7,10H,5-6H2,(H,15,17)(H,16,18)/b14-7+. The van der Waals surface area contributed by atoms with Gasteiger partial charge in [-0.3, -0.25) is 9.59 Å². The Hall–Kier alpha value is -1.88. The number of carbonyl (C=O) groups excluding carboxylic acids is 2. The van der Waals surface area contributed by atoms with Gasteiger partial charge in [-0.1, -0.05) is 29.8 Å². The van der Waals surface area contributed by atoms with Crippen molar-refractivity contribution < 1.29 is 9.59 Å². The Bertz CT molecular complexity index is 502. The van der Waals surface area contributed by atoms with Gasteiger partial charge in [-0.15, -0.1) is 0 Å². The molecule has 0 saturated carbocycles. The highest BCUT2D eigenvalue weighted by Crippen LogP contribution is 2.12. The zero-order valence-corrected chi connectivity index (χ0v) is 10.3. The summed E-state index contributed by atoms with van der Waals surface area (Å²) in [4.78, 5) is 22.5. The molecule has 1 saturated heterocycles. The summed E-state index contributed by atoms with van der Waals surface area (Å²) in [5, 5.41) is 6.93. The number of hydrogen-bond acceptors (Lipinski definition) is 3. The predicted octanol–water partition coefficient (Wildman–Crippen LogP) is 1.07. The summed E-state index contributed by atoms with van der Waals surface area (Å²) < 4.78 is 0. The van der Waals surface area contributed by atoms with Crippen molar-refractivity contribution in [2.24, 2.45) is 5.10 Å². The molecule has 6 heteroatoms. The first-order valence-electron chi connectivity index (χ1n) is 5.53. The SMILES string of the molecule is O=C1CCC(C(=O)N/N=C/c2ccccc2Cl)N1. The van der Waals surface area contributed by atoms with Crippen LogP contribution in [-0.4, -0.2) is 24.1 Å². The van der Waals surface area contributed by atoms with Gasteiger partial charge in [-0.05, 0) is 12.5 Å². The number of hydrogen-bond donors (Lipinski definition) is 2. The molecule has 1 heterocycles. The van der Waals surface area contributed by atoms with E-state index in [-0.39, 0.29) is 11.8 Å². The van der Waals surface area contributed by atoms with E-state index in [0.717, 1.165) is 5.56 Å². The van der Waals surface area contributed by atoms with Crippen molar-refractivity contribution in [3.05, 3.63) is 34.9 Å². The fraction of sp³-hybridized carbons (Fsp3) is 0.250. The highest BCUT2D eigenvalue weighted by molar-refractivity contribution is 6.33. The van der Waals surface area contributed by atoms with Crippen LogP contribution in [0.1, 0.15) is 18.4 Å². The molecule has 1 aromatic rings. The lowest BCUT2D eigenvalue weighted by Gasteiger charge is -2.06. The van der Waals surface area contributed by atoms with E-state index in [2.05, 4.69) is 15.8 Å². The lowest BCUT2D eigenvalue weighted by atomic mass is 10.2. The van der Waals surface area contributed by atoms with E-state index in [1.165, 1.54) is 6.21 Å². The fourth-order valence-electron chi connectivity index (χ4n) is 1.63. The van der Waals surface area contributed by atoms with Gasteiger partial charge in [-0.25, -0.2) is 5.43 Å². The summed E-state index contributed by atoms with van der Waals surface area (Å²) in [5.41, 5.74) is 3.10. The average Bonchev–Trinajstić information content (AvgIpc) is 2.78. The number of benzene rings is 1. The molecule has 0 spiro atoms. The highest BCUT2D eigenvalue weighted by Gasteiger charge is 2.26. The normalized spacial score (nSPS) is 18.9. The monoisotopic (exact) mass is 265 g/mol. The Morgan fingerprint density at radius 3 is 2.94 bits per heavy atom. The van der Waals surface area contributed by atoms with Crippen LogP contribution in [0.3, 0.4) is 0 Å². The van der Waals surface area contributed by atoms with Gasteiger partial charge in [0, 0.05) is 17.0 Å². The predicted molar refractivity (Wildman–Crippen MR) is 68.4 cm³/mol. The summed E-state index contributed by atoms with van der Waals surface area (Å²) >= 11 is 5.92. The first-order chi connectivity index (χ1) is 8.66. The third-order valence-electron chi connectivity index (χ3n) is 2.60. The molecule has 1 fully saturated rings. The molecule has 0 radical (unpaired) electrons. The fourth-order valence-corrected chi connectivity index (χ4v) is 1.82. The molecule has 2 rings (SSSR count). The Kier molecular flexibility index (Phi) is 3.94. The van der Waals surface area contributed by atoms with E-state index in [9.17, 15) is 9.59 Å². The summed E-state index contributed by atoms with van der Waals surface area (Å²) in [7, 11) is 0. The maximum Gasteiger partial charge on any atom is 0.262 e. The van der Waals surface area contributed by atoms with E-state index < -0.39 is 6.04 Å². The van der Waals surface area contributed by atoms with Gasteiger partial charge in [-0.2, -0.15) is 5.10 Å². The molecular formula is C12H12ClN3O2. The summed E-state index contributed by atoms with van der Waals surface area (Å²) in [6.45, 7) is 0. The van der Waals surface area contributed by atoms with Crippen LogP contribution >= 0.6 is 11.6 Å². The first-order valence-corrected chi connectivity index (χ1v) is 5.91. The van der Waals surface area contributed by atoms with Gasteiger partial charge in [0.15, 0.2) is 0 Å². The number of rotatable bonds is 3. The Balaban J connectivity index is 1.90. The van der Waals surface area contributed by atoms with Gasteiger partial charge >= 0.3 is 0 Å². The summed E-state index contributed by atoms with van der Waals surface area (Å²) in [5.74, 6) is -0.422. The van der Waals surface area contributed by atoms with E-state index >= 15 is 0 Å². The minimum Gasteiger partial charge on any atom is -0.344 e. The summed E-state index contributed by atoms with van der Waals surface area (Å²) in [6.07, 6.45) is 2.36. The van der Waals surface area contributed by atoms with Crippen LogP contribution in [0.25, 0.3) is 0 Å². The molecule has 1 aliphatic rings. The third kappa shape index (κ3) is 3.07. The second-order valence-corrected chi connectivity index (χ2v) is 4.32. The highest BCUT2D eigenvalue weighted by atomic mass is 35.5. The van der Waals surface area contributed by atoms with Crippen molar-refractivity contribution >= 4 is 29.6 Å². The van der Waals surface area contributed by atoms with Gasteiger partial charge in [0.05, 0.1) is 6.21 Å². The average molecular weight is 266 g/mol. The van der Waals surface area contributed by atoms with Crippen molar-refractivity contribution in [3.8, 4) is 0 Å². The van der Waals surface area contributed by atoms with Crippen molar-refractivity contribution in [3.63, 3.8) is 0 Å². The van der Waals surface area contributed by atoms with Crippen LogP contribution in [-0.2, 0) is 9.59 Å². The Labute approximate surface area is 109 Å². The second-order valence-electron chi connectivity index (χ2n) is 3.91. The third-order valence-corrected chi connectivity index (χ3v) is 2.94. The van der Waals surface area contributed by atoms with Crippen LogP contribution in [0.5, 0.6) is 0 Å². The van der Waals surface area contributed by atoms with E-state index in [1.54, 1.807) is 12.1 Å². The molecule has 0 bridgehead atoms. The van der Waals surface area contributed by atoms with Gasteiger partial charge in [0.1, 0.15) is 6.04 Å². The number of nitrogens with one attached hydrogen (secondary N) is 2. The molecule has 1 unspecified atom stereocenters. The smallest absolute Gasteiger partial charge is 0.262 e. The molecular weight excluding hydrogens is 254 g/mol. The van der Waals surface area contributed by atoms with Crippen LogP contribution < -0.4 is 10.7 Å². The molecule has 2 amide bonds. The molecule has 2 N–H and O–H groups in total. The Morgan fingerprint density at radius 1 is 1.50 bits per heavy atom. The zero-order chi connectivity index (χ0) is 13.0. The van der Waals surface area contributed by atoms with Crippen molar-refractivity contribution in [1.82, 2.24) is 10.7 Å². The Morgan fingerprint density at radius 2 is 2.28 bits per heavy atom. The number of halogens is 1. The van der Waals surface area contributed by atoms with Gasteiger partial charge < -0.3 is 5.32 Å². The van der Waals surface area contributed by atoms with Gasteiger partial charge in [0.2, 0.25) is 5.91 Å². The van der Waals surface area contributed by atoms with Crippen molar-refractivity contribution in [2.75, 3.05) is 0 Å².